The van der Waals surface area contributed by atoms with Gasteiger partial charge in [0.25, 0.3) is 0 Å². The number of aromatic hydroxyl groups is 1. The van der Waals surface area contributed by atoms with Crippen LogP contribution in [0.2, 0.25) is 10.0 Å². The Morgan fingerprint density at radius 1 is 0.903 bits per heavy atom. The van der Waals surface area contributed by atoms with Gasteiger partial charge in [-0.2, -0.15) is 0 Å². The van der Waals surface area contributed by atoms with Crippen molar-refractivity contribution < 1.29 is 18.3 Å². The van der Waals surface area contributed by atoms with E-state index < -0.39 is 20.5 Å². The molecule has 0 aliphatic rings. The summed E-state index contributed by atoms with van der Waals surface area (Å²) in [5.74, 6) is -1.35. The number of carbonyl (C=O) groups is 1. The fourth-order valence-electron chi connectivity index (χ4n) is 2.74. The van der Waals surface area contributed by atoms with Crippen LogP contribution >= 0.6 is 55.1 Å². The molecule has 9 heteroatoms. The molecular weight excluding hydrogens is 591 g/mol. The number of carbonyl (C=O) groups excluding carboxylic acids is 1. The topological polar surface area (TPSA) is 71.4 Å². The molecule has 4 nitrogen and oxygen atoms in total. The van der Waals surface area contributed by atoms with E-state index in [1.54, 1.807) is 36.4 Å². The number of halogens is 4. The molecular formula is C22H14Br2Cl2O4S. The molecule has 0 saturated carbocycles. The van der Waals surface area contributed by atoms with Crippen molar-refractivity contribution in [1.82, 2.24) is 0 Å². The first kappa shape index (κ1) is 24.0. The number of phenols is 1. The number of benzene rings is 3. The van der Waals surface area contributed by atoms with Crippen LogP contribution in [0.15, 0.2) is 74.5 Å². The minimum absolute atomic E-state index is 0.0560. The van der Waals surface area contributed by atoms with Crippen LogP contribution < -0.4 is 0 Å². The molecule has 31 heavy (non-hydrogen) atoms. The summed E-state index contributed by atoms with van der Waals surface area (Å²) in [4.78, 5) is 12.8. The van der Waals surface area contributed by atoms with E-state index >= 15 is 0 Å². The molecule has 0 heterocycles. The summed E-state index contributed by atoms with van der Waals surface area (Å²) < 4.78 is 28.1. The summed E-state index contributed by atoms with van der Waals surface area (Å²) in [6.07, 6.45) is 1.22. The maximum absolute atomic E-state index is 13.3. The van der Waals surface area contributed by atoms with Gasteiger partial charge in [0.15, 0.2) is 15.6 Å². The molecule has 3 aromatic carbocycles. The minimum atomic E-state index is -4.04. The number of rotatable bonds is 6. The van der Waals surface area contributed by atoms with E-state index in [4.69, 9.17) is 23.2 Å². The van der Waals surface area contributed by atoms with Crippen molar-refractivity contribution >= 4 is 76.8 Å². The third-order valence-corrected chi connectivity index (χ3v) is 7.59. The van der Waals surface area contributed by atoms with Crippen LogP contribution in [0, 0.1) is 0 Å². The summed E-state index contributed by atoms with van der Waals surface area (Å²) in [6.45, 7) is 0. The lowest BCUT2D eigenvalue weighted by Crippen LogP contribution is -2.16. The predicted octanol–water partition coefficient (Wildman–Crippen LogP) is 7.06. The van der Waals surface area contributed by atoms with Gasteiger partial charge in [0.2, 0.25) is 5.78 Å². The van der Waals surface area contributed by atoms with Gasteiger partial charge in [-0.1, -0.05) is 67.2 Å². The first-order chi connectivity index (χ1) is 14.6. The Morgan fingerprint density at radius 2 is 1.39 bits per heavy atom. The van der Waals surface area contributed by atoms with Crippen molar-refractivity contribution in [2.75, 3.05) is 0 Å². The minimum Gasteiger partial charge on any atom is -0.505 e. The number of phenolic OH excluding ortho intramolecular Hbond substituents is 1. The molecule has 0 atom stereocenters. The molecule has 0 fully saturated rings. The van der Waals surface area contributed by atoms with Gasteiger partial charge >= 0.3 is 0 Å². The van der Waals surface area contributed by atoms with Gasteiger partial charge in [0, 0.05) is 14.5 Å². The molecule has 0 saturated heterocycles. The molecule has 160 valence electrons. The number of hydrogen-bond donors (Lipinski definition) is 1. The first-order valence-corrected chi connectivity index (χ1v) is 12.7. The van der Waals surface area contributed by atoms with E-state index in [0.29, 0.717) is 5.56 Å². The van der Waals surface area contributed by atoms with E-state index in [1.165, 1.54) is 30.3 Å². The molecule has 3 rings (SSSR count). The zero-order valence-electron chi connectivity index (χ0n) is 15.7. The summed E-state index contributed by atoms with van der Waals surface area (Å²) in [7, 11) is -4.04. The van der Waals surface area contributed by atoms with Gasteiger partial charge in [-0.3, -0.25) is 4.79 Å². The zero-order valence-corrected chi connectivity index (χ0v) is 21.2. The van der Waals surface area contributed by atoms with Gasteiger partial charge in [-0.15, -0.1) is 0 Å². The lowest BCUT2D eigenvalue weighted by Gasteiger charge is -2.11. The normalized spacial score (nSPS) is 12.1. The van der Waals surface area contributed by atoms with Gasteiger partial charge in [0.1, 0.15) is 4.91 Å². The lowest BCUT2D eigenvalue weighted by atomic mass is 10.1. The van der Waals surface area contributed by atoms with Crippen LogP contribution in [0.25, 0.3) is 6.08 Å². The smallest absolute Gasteiger partial charge is 0.204 e. The largest absolute Gasteiger partial charge is 0.505 e. The van der Waals surface area contributed by atoms with Crippen molar-refractivity contribution in [3.63, 3.8) is 0 Å². The lowest BCUT2D eigenvalue weighted by molar-refractivity contribution is 0.104. The number of Topliss-reactive ketones (excluding diaryl/α,β-unsaturated/α-hetero) is 1. The second kappa shape index (κ2) is 9.88. The molecule has 0 aromatic heterocycles. The third-order valence-electron chi connectivity index (χ3n) is 4.27. The molecule has 3 aromatic rings. The highest BCUT2D eigenvalue weighted by Crippen LogP contribution is 2.34. The van der Waals surface area contributed by atoms with Gasteiger partial charge in [0.05, 0.1) is 15.8 Å². The van der Waals surface area contributed by atoms with Crippen LogP contribution in [-0.4, -0.2) is 19.3 Å². The second-order valence-electron chi connectivity index (χ2n) is 6.56. The maximum Gasteiger partial charge on any atom is 0.204 e. The van der Waals surface area contributed by atoms with Gasteiger partial charge in [-0.25, -0.2) is 8.42 Å². The van der Waals surface area contributed by atoms with Gasteiger partial charge < -0.3 is 5.11 Å². The maximum atomic E-state index is 13.3. The van der Waals surface area contributed by atoms with E-state index in [0.717, 1.165) is 8.95 Å². The molecule has 0 bridgehead atoms. The van der Waals surface area contributed by atoms with Crippen LogP contribution in [-0.2, 0) is 15.6 Å². The van der Waals surface area contributed by atoms with Crippen molar-refractivity contribution in [2.45, 2.75) is 5.75 Å². The number of sulfone groups is 1. The summed E-state index contributed by atoms with van der Waals surface area (Å²) in [5, 5.41) is 9.67. The third kappa shape index (κ3) is 5.99. The number of hydrogen-bond acceptors (Lipinski definition) is 4. The fourth-order valence-corrected chi connectivity index (χ4v) is 5.27. The van der Waals surface area contributed by atoms with Crippen LogP contribution in [0.1, 0.15) is 21.5 Å². The highest BCUT2D eigenvalue weighted by molar-refractivity contribution is 9.10. The zero-order chi connectivity index (χ0) is 22.8. The molecule has 0 amide bonds. The Bertz CT molecular complexity index is 1250. The van der Waals surface area contributed by atoms with Crippen molar-refractivity contribution in [3.05, 3.63) is 101 Å². The molecule has 0 spiro atoms. The van der Waals surface area contributed by atoms with E-state index in [-0.39, 0.29) is 32.7 Å². The average molecular weight is 605 g/mol. The first-order valence-electron chi connectivity index (χ1n) is 8.74. The fraction of sp³-hybridized carbons (Fsp3) is 0.0455. The van der Waals surface area contributed by atoms with Crippen molar-refractivity contribution in [3.8, 4) is 5.75 Å². The van der Waals surface area contributed by atoms with Crippen LogP contribution in [0.4, 0.5) is 0 Å². The quantitative estimate of drug-likeness (QED) is 0.241. The van der Waals surface area contributed by atoms with Crippen molar-refractivity contribution in [1.29, 1.82) is 0 Å². The summed E-state index contributed by atoms with van der Waals surface area (Å²) in [5.41, 5.74) is 1.01. The standard InChI is InChI=1S/C22H14Br2Cl2O4S/c23-16-5-1-13(2-6-16)12-31(29,30)20(21(27)15-3-7-17(24)8-4-15)11-14-9-18(25)22(28)19(26)10-14/h1-11,28H,12H2. The molecule has 0 unspecified atom stereocenters. The molecule has 0 radical (unpaired) electrons. The second-order valence-corrected chi connectivity index (χ2v) is 11.2. The Balaban J connectivity index is 2.12. The summed E-state index contributed by atoms with van der Waals surface area (Å²) >= 11 is 18.5. The molecule has 1 N–H and O–H groups in total. The SMILES string of the molecule is O=C(C(=Cc1cc(Cl)c(O)c(Cl)c1)S(=O)(=O)Cc1ccc(Br)cc1)c1ccc(Br)cc1. The Morgan fingerprint density at radius 3 is 1.90 bits per heavy atom. The Labute approximate surface area is 206 Å². The van der Waals surface area contributed by atoms with Gasteiger partial charge in [-0.05, 0) is 65.7 Å². The monoisotopic (exact) mass is 602 g/mol. The van der Waals surface area contributed by atoms with E-state index in [2.05, 4.69) is 31.9 Å². The van der Waals surface area contributed by atoms with Crippen molar-refractivity contribution in [2.24, 2.45) is 0 Å². The number of allylic oxidation sites excluding steroid dienone is 1. The van der Waals surface area contributed by atoms with Crippen LogP contribution in [0.5, 0.6) is 5.75 Å². The highest BCUT2D eigenvalue weighted by Gasteiger charge is 2.27. The van der Waals surface area contributed by atoms with Crippen LogP contribution in [0.3, 0.4) is 0 Å². The molecule has 0 aliphatic heterocycles. The predicted molar refractivity (Wildman–Crippen MR) is 131 cm³/mol. The number of ketones is 1. The van der Waals surface area contributed by atoms with E-state index in [1.807, 2.05) is 0 Å². The average Bonchev–Trinajstić information content (AvgIpc) is 2.71. The highest BCUT2D eigenvalue weighted by atomic mass is 79.9. The molecule has 0 aliphatic carbocycles. The van der Waals surface area contributed by atoms with E-state index in [9.17, 15) is 18.3 Å². The Kier molecular flexibility index (Phi) is 7.65. The Hall–Kier alpha value is -1.64. The summed E-state index contributed by atoms with van der Waals surface area (Å²) in [6, 6.07) is 15.8.